The molecule has 0 aliphatic heterocycles. The fraction of sp³-hybridized carbons (Fsp3) is 0.133. The molecule has 0 radical (unpaired) electrons. The van der Waals surface area contributed by atoms with Crippen molar-refractivity contribution in [2.75, 3.05) is 12.0 Å². The van der Waals surface area contributed by atoms with Crippen molar-refractivity contribution >= 4 is 16.7 Å². The van der Waals surface area contributed by atoms with E-state index in [0.717, 1.165) is 5.56 Å². The Balaban J connectivity index is 0.00000162. The van der Waals surface area contributed by atoms with Crippen molar-refractivity contribution in [3.8, 4) is 0 Å². The first kappa shape index (κ1) is 14.8. The summed E-state index contributed by atoms with van der Waals surface area (Å²) in [6.45, 7) is 0. The average Bonchev–Trinajstić information content (AvgIpc) is 2.40. The third-order valence-corrected chi connectivity index (χ3v) is 4.36. The lowest BCUT2D eigenvalue weighted by Gasteiger charge is -2.02. The molecule has 1 nitrogen and oxygen atoms in total. The van der Waals surface area contributed by atoms with Gasteiger partial charge in [0.2, 0.25) is 5.78 Å². The minimum Gasteiger partial charge on any atom is -1.00 e. The molecule has 0 spiro atoms. The Hall–Kier alpha value is -1.25. The van der Waals surface area contributed by atoms with E-state index in [0.29, 0.717) is 5.75 Å². The van der Waals surface area contributed by atoms with Gasteiger partial charge >= 0.3 is 0 Å². The first-order valence-electron chi connectivity index (χ1n) is 5.53. The lowest BCUT2D eigenvalue weighted by molar-refractivity contribution is -0.0000113. The quantitative estimate of drug-likeness (QED) is 0.576. The van der Waals surface area contributed by atoms with Crippen molar-refractivity contribution in [1.82, 2.24) is 0 Å². The Morgan fingerprint density at radius 3 is 2.00 bits per heavy atom. The fourth-order valence-corrected chi connectivity index (χ4v) is 2.99. The summed E-state index contributed by atoms with van der Waals surface area (Å²) in [5.41, 5.74) is 0.808. The van der Waals surface area contributed by atoms with Gasteiger partial charge in [-0.1, -0.05) is 48.5 Å². The van der Waals surface area contributed by atoms with Crippen molar-refractivity contribution in [3.05, 3.63) is 66.2 Å². The summed E-state index contributed by atoms with van der Waals surface area (Å²) < 4.78 is 0. The zero-order chi connectivity index (χ0) is 12.1. The van der Waals surface area contributed by atoms with Crippen LogP contribution in [0.3, 0.4) is 0 Å². The normalized spacial score (nSPS) is 11.4. The smallest absolute Gasteiger partial charge is 0.212 e. The van der Waals surface area contributed by atoms with Gasteiger partial charge in [-0.25, -0.2) is 0 Å². The number of hydrogen-bond acceptors (Lipinski definition) is 1. The number of ketones is 1. The molecule has 2 rings (SSSR count). The maximum Gasteiger partial charge on any atom is 0.212 e. The Bertz CT molecular complexity index is 484. The van der Waals surface area contributed by atoms with E-state index in [1.807, 2.05) is 48.5 Å². The van der Waals surface area contributed by atoms with Crippen LogP contribution in [0.25, 0.3) is 0 Å². The lowest BCUT2D eigenvalue weighted by atomic mass is 10.2. The van der Waals surface area contributed by atoms with Crippen LogP contribution in [0.4, 0.5) is 0 Å². The largest absolute Gasteiger partial charge is 1.00 e. The third kappa shape index (κ3) is 3.90. The molecule has 0 bridgehead atoms. The topological polar surface area (TPSA) is 17.1 Å². The summed E-state index contributed by atoms with van der Waals surface area (Å²) in [6.07, 6.45) is 2.12. The van der Waals surface area contributed by atoms with Crippen LogP contribution < -0.4 is 12.4 Å². The minimum atomic E-state index is -0.0135. The van der Waals surface area contributed by atoms with E-state index in [1.54, 1.807) is 0 Å². The highest BCUT2D eigenvalue weighted by atomic mass is 35.5. The predicted molar refractivity (Wildman–Crippen MR) is 73.6 cm³/mol. The molecular weight excluding hydrogens is 264 g/mol. The highest BCUT2D eigenvalue weighted by Crippen LogP contribution is 2.12. The van der Waals surface area contributed by atoms with E-state index in [-0.39, 0.29) is 29.1 Å². The van der Waals surface area contributed by atoms with Crippen molar-refractivity contribution < 1.29 is 17.2 Å². The average molecular weight is 279 g/mol. The molecule has 3 heteroatoms. The number of hydrogen-bond donors (Lipinski definition) is 0. The Morgan fingerprint density at radius 2 is 1.44 bits per heavy atom. The molecule has 0 amide bonds. The van der Waals surface area contributed by atoms with Crippen LogP contribution in [-0.2, 0) is 10.9 Å². The number of carbonyl (C=O) groups excluding carboxylic acids is 1. The summed E-state index contributed by atoms with van der Waals surface area (Å²) in [6, 6.07) is 19.7. The van der Waals surface area contributed by atoms with E-state index in [9.17, 15) is 4.79 Å². The van der Waals surface area contributed by atoms with Crippen LogP contribution in [0.2, 0.25) is 0 Å². The second-order valence-electron chi connectivity index (χ2n) is 3.88. The van der Waals surface area contributed by atoms with E-state index < -0.39 is 0 Å². The standard InChI is InChI=1S/C15H15OS.ClH/c1-17(14-10-6-3-7-11-14)12-15(16)13-8-4-2-5-9-13;/h2-11H,12H2,1H3;1H/q+1;/p-1. The Morgan fingerprint density at radius 1 is 0.944 bits per heavy atom. The van der Waals surface area contributed by atoms with Gasteiger partial charge < -0.3 is 12.4 Å². The molecule has 0 aliphatic rings. The second kappa shape index (κ2) is 7.24. The SMILES string of the molecule is C[S+](CC(=O)c1ccccc1)c1ccccc1.[Cl-]. The molecule has 0 N–H and O–H groups in total. The molecule has 94 valence electrons. The highest BCUT2D eigenvalue weighted by molar-refractivity contribution is 7.96. The molecule has 0 aliphatic carbocycles. The summed E-state index contributed by atoms with van der Waals surface area (Å²) in [4.78, 5) is 13.3. The van der Waals surface area contributed by atoms with Gasteiger partial charge in [0.25, 0.3) is 0 Å². The van der Waals surface area contributed by atoms with Crippen molar-refractivity contribution in [3.63, 3.8) is 0 Å². The van der Waals surface area contributed by atoms with Gasteiger partial charge in [-0.15, -0.1) is 0 Å². The van der Waals surface area contributed by atoms with Gasteiger partial charge in [-0.05, 0) is 12.1 Å². The predicted octanol–water partition coefficient (Wildman–Crippen LogP) is 0.180. The van der Waals surface area contributed by atoms with Crippen LogP contribution in [0.15, 0.2) is 65.6 Å². The summed E-state index contributed by atoms with van der Waals surface area (Å²) >= 11 is 0. The monoisotopic (exact) mass is 278 g/mol. The number of Topliss-reactive ketones (excluding diaryl/α,β-unsaturated/α-hetero) is 1. The number of benzene rings is 2. The van der Waals surface area contributed by atoms with Crippen molar-refractivity contribution in [2.24, 2.45) is 0 Å². The fourth-order valence-electron chi connectivity index (χ4n) is 1.64. The molecule has 0 aromatic heterocycles. The zero-order valence-electron chi connectivity index (χ0n) is 10.2. The van der Waals surface area contributed by atoms with Crippen molar-refractivity contribution in [1.29, 1.82) is 0 Å². The number of rotatable bonds is 4. The lowest BCUT2D eigenvalue weighted by Crippen LogP contribution is -3.00. The van der Waals surface area contributed by atoms with Gasteiger partial charge in [0.1, 0.15) is 6.26 Å². The first-order chi connectivity index (χ1) is 8.27. The molecule has 0 saturated carbocycles. The van der Waals surface area contributed by atoms with Gasteiger partial charge in [0.05, 0.1) is 0 Å². The molecule has 0 saturated heterocycles. The van der Waals surface area contributed by atoms with Crippen LogP contribution >= 0.6 is 0 Å². The summed E-state index contributed by atoms with van der Waals surface area (Å²) in [5.74, 6) is 0.814. The Labute approximate surface area is 117 Å². The molecule has 2 aromatic rings. The highest BCUT2D eigenvalue weighted by Gasteiger charge is 2.20. The van der Waals surface area contributed by atoms with E-state index in [4.69, 9.17) is 0 Å². The van der Waals surface area contributed by atoms with Gasteiger partial charge in [0.15, 0.2) is 10.6 Å². The third-order valence-electron chi connectivity index (χ3n) is 2.59. The van der Waals surface area contributed by atoms with Gasteiger partial charge in [-0.2, -0.15) is 0 Å². The van der Waals surface area contributed by atoms with Gasteiger partial charge in [-0.3, -0.25) is 4.79 Å². The van der Waals surface area contributed by atoms with E-state index in [1.165, 1.54) is 4.90 Å². The Kier molecular flexibility index (Phi) is 5.96. The molecule has 0 fully saturated rings. The van der Waals surface area contributed by atoms with Gasteiger partial charge in [0, 0.05) is 16.5 Å². The number of carbonyl (C=O) groups is 1. The van der Waals surface area contributed by atoms with Crippen LogP contribution in [0.5, 0.6) is 0 Å². The molecule has 1 unspecified atom stereocenters. The summed E-state index contributed by atoms with van der Waals surface area (Å²) in [7, 11) is -0.0135. The van der Waals surface area contributed by atoms with Crippen LogP contribution in [-0.4, -0.2) is 17.8 Å². The van der Waals surface area contributed by atoms with Crippen LogP contribution in [0, 0.1) is 0 Å². The molecule has 18 heavy (non-hydrogen) atoms. The molecule has 0 heterocycles. The van der Waals surface area contributed by atoms with E-state index >= 15 is 0 Å². The minimum absolute atomic E-state index is 0. The molecule has 1 atom stereocenters. The second-order valence-corrected chi connectivity index (χ2v) is 5.92. The number of halogens is 1. The maximum atomic E-state index is 12.0. The molecular formula is C15H15ClOS. The zero-order valence-corrected chi connectivity index (χ0v) is 11.7. The van der Waals surface area contributed by atoms with Crippen molar-refractivity contribution in [2.45, 2.75) is 4.90 Å². The maximum absolute atomic E-state index is 12.0. The summed E-state index contributed by atoms with van der Waals surface area (Å²) in [5, 5.41) is 0. The van der Waals surface area contributed by atoms with Crippen LogP contribution in [0.1, 0.15) is 10.4 Å². The molecule has 2 aromatic carbocycles. The van der Waals surface area contributed by atoms with E-state index in [2.05, 4.69) is 18.4 Å². The first-order valence-corrected chi connectivity index (χ1v) is 7.33.